The van der Waals surface area contributed by atoms with E-state index in [1.54, 1.807) is 24.4 Å². The van der Waals surface area contributed by atoms with Crippen molar-refractivity contribution in [2.24, 2.45) is 0 Å². The fourth-order valence-corrected chi connectivity index (χ4v) is 4.20. The summed E-state index contributed by atoms with van der Waals surface area (Å²) in [5.41, 5.74) is 4.95. The Bertz CT molecular complexity index is 897. The van der Waals surface area contributed by atoms with E-state index in [1.807, 2.05) is 17.5 Å². The third kappa shape index (κ3) is 5.00. The minimum absolute atomic E-state index is 0.00599. The van der Waals surface area contributed by atoms with E-state index < -0.39 is 11.8 Å². The maximum atomic E-state index is 12.5. The summed E-state index contributed by atoms with van der Waals surface area (Å²) in [5.74, 6) is -1.12. The van der Waals surface area contributed by atoms with Crippen molar-refractivity contribution >= 4 is 63.4 Å². The average Bonchev–Trinajstić information content (AvgIpc) is 3.28. The summed E-state index contributed by atoms with van der Waals surface area (Å²) >= 11 is 7.98. The van der Waals surface area contributed by atoms with E-state index in [1.165, 1.54) is 34.2 Å². The number of amides is 3. The first-order valence-electron chi connectivity index (χ1n) is 7.82. The highest BCUT2D eigenvalue weighted by Gasteiger charge is 2.32. The van der Waals surface area contributed by atoms with Gasteiger partial charge in [-0.2, -0.15) is 0 Å². The summed E-state index contributed by atoms with van der Waals surface area (Å²) < 4.78 is 0.412. The molecular formula is C17H14N4O3S3. The summed E-state index contributed by atoms with van der Waals surface area (Å²) in [7, 11) is 0. The third-order valence-electron chi connectivity index (χ3n) is 3.49. The summed E-state index contributed by atoms with van der Waals surface area (Å²) in [6, 6.07) is 7.01. The maximum absolute atomic E-state index is 12.5. The van der Waals surface area contributed by atoms with Gasteiger partial charge in [0.1, 0.15) is 4.32 Å². The van der Waals surface area contributed by atoms with E-state index in [0.717, 1.165) is 4.88 Å². The molecule has 1 fully saturated rings. The molecule has 3 rings (SSSR count). The summed E-state index contributed by atoms with van der Waals surface area (Å²) in [6.45, 7) is 0.140. The number of thioether (sulfide) groups is 1. The fraction of sp³-hybridized carbons (Fsp3) is 0.118. The smallest absolute Gasteiger partial charge is 0.271 e. The number of aromatic nitrogens is 1. The number of hydrogen-bond acceptors (Lipinski definition) is 7. The fourth-order valence-electron chi connectivity index (χ4n) is 2.17. The number of rotatable bonds is 5. The number of hydrazine groups is 1. The lowest BCUT2D eigenvalue weighted by atomic mass is 10.3. The van der Waals surface area contributed by atoms with E-state index in [4.69, 9.17) is 12.2 Å². The van der Waals surface area contributed by atoms with Crippen LogP contribution in [-0.2, 0) is 9.59 Å². The van der Waals surface area contributed by atoms with Gasteiger partial charge in [-0.1, -0.05) is 30.0 Å². The summed E-state index contributed by atoms with van der Waals surface area (Å²) in [4.78, 5) is 43.0. The van der Waals surface area contributed by atoms with E-state index in [2.05, 4.69) is 15.8 Å². The second kappa shape index (κ2) is 8.89. The first-order valence-corrected chi connectivity index (χ1v) is 9.93. The van der Waals surface area contributed by atoms with E-state index in [-0.39, 0.29) is 18.9 Å². The molecule has 0 atom stereocenters. The summed E-state index contributed by atoms with van der Waals surface area (Å²) in [6.07, 6.45) is 4.73. The first-order chi connectivity index (χ1) is 13.0. The van der Waals surface area contributed by atoms with Crippen LogP contribution in [0.5, 0.6) is 0 Å². The number of carbonyl (C=O) groups excluding carboxylic acids is 3. The minimum Gasteiger partial charge on any atom is -0.292 e. The van der Waals surface area contributed by atoms with Gasteiger partial charge in [-0.3, -0.25) is 35.1 Å². The molecule has 3 heterocycles. The largest absolute Gasteiger partial charge is 0.292 e. The Hall–Kier alpha value is -2.56. The minimum atomic E-state index is -0.471. The molecule has 3 amide bonds. The first kappa shape index (κ1) is 19.2. The Labute approximate surface area is 168 Å². The van der Waals surface area contributed by atoms with Gasteiger partial charge in [0.25, 0.3) is 11.8 Å². The van der Waals surface area contributed by atoms with E-state index in [0.29, 0.717) is 14.8 Å². The van der Waals surface area contributed by atoms with Crippen LogP contribution >= 0.6 is 35.3 Å². The molecule has 1 aliphatic rings. The lowest BCUT2D eigenvalue weighted by Gasteiger charge is -2.14. The van der Waals surface area contributed by atoms with Crippen molar-refractivity contribution in [1.82, 2.24) is 20.7 Å². The zero-order valence-electron chi connectivity index (χ0n) is 13.9. The van der Waals surface area contributed by atoms with Gasteiger partial charge >= 0.3 is 0 Å². The van der Waals surface area contributed by atoms with Crippen molar-refractivity contribution in [3.63, 3.8) is 0 Å². The quantitative estimate of drug-likeness (QED) is 0.439. The molecule has 0 aliphatic carbocycles. The Morgan fingerprint density at radius 3 is 2.81 bits per heavy atom. The molecule has 27 heavy (non-hydrogen) atoms. The molecule has 0 spiro atoms. The van der Waals surface area contributed by atoms with Gasteiger partial charge in [-0.15, -0.1) is 11.3 Å². The molecule has 0 aromatic carbocycles. The predicted octanol–water partition coefficient (Wildman–Crippen LogP) is 2.20. The van der Waals surface area contributed by atoms with Gasteiger partial charge in [0.05, 0.1) is 10.5 Å². The number of hydrogen-bond donors (Lipinski definition) is 2. The molecule has 1 aliphatic heterocycles. The molecule has 138 valence electrons. The number of carbonyl (C=O) groups is 3. The van der Waals surface area contributed by atoms with Crippen molar-refractivity contribution in [2.75, 3.05) is 6.54 Å². The van der Waals surface area contributed by atoms with Crippen LogP contribution in [0.1, 0.15) is 21.7 Å². The van der Waals surface area contributed by atoms with Gasteiger partial charge < -0.3 is 0 Å². The molecule has 0 radical (unpaired) electrons. The topological polar surface area (TPSA) is 91.4 Å². The standard InChI is InChI=1S/C17H14N4O3S3/c22-14(19-20-15(23)11-3-1-6-18-10-11)5-7-21-16(24)13(27-17(21)25)9-12-4-2-8-26-12/h1-4,6,8-10H,5,7H2,(H,19,22)(H,20,23)/b13-9-. The maximum Gasteiger partial charge on any atom is 0.271 e. The van der Waals surface area contributed by atoms with Crippen LogP contribution in [0.25, 0.3) is 6.08 Å². The van der Waals surface area contributed by atoms with Gasteiger partial charge in [0.15, 0.2) is 0 Å². The third-order valence-corrected chi connectivity index (χ3v) is 5.69. The van der Waals surface area contributed by atoms with Gasteiger partial charge in [-0.25, -0.2) is 0 Å². The molecular weight excluding hydrogens is 404 g/mol. The van der Waals surface area contributed by atoms with Crippen molar-refractivity contribution < 1.29 is 14.4 Å². The second-order valence-corrected chi connectivity index (χ2v) is 8.00. The molecule has 1 saturated heterocycles. The lowest BCUT2D eigenvalue weighted by Crippen LogP contribution is -2.43. The second-order valence-electron chi connectivity index (χ2n) is 5.34. The number of thiophene rings is 1. The predicted molar refractivity (Wildman–Crippen MR) is 109 cm³/mol. The van der Waals surface area contributed by atoms with Crippen LogP contribution in [0.4, 0.5) is 0 Å². The molecule has 2 N–H and O–H groups in total. The van der Waals surface area contributed by atoms with Crippen LogP contribution in [0.3, 0.4) is 0 Å². The molecule has 0 saturated carbocycles. The highest BCUT2D eigenvalue weighted by molar-refractivity contribution is 8.26. The zero-order chi connectivity index (χ0) is 19.2. The Balaban J connectivity index is 1.49. The van der Waals surface area contributed by atoms with Crippen molar-refractivity contribution in [2.45, 2.75) is 6.42 Å². The molecule has 0 bridgehead atoms. The Morgan fingerprint density at radius 1 is 1.26 bits per heavy atom. The highest BCUT2D eigenvalue weighted by atomic mass is 32.2. The van der Waals surface area contributed by atoms with Gasteiger partial charge in [0, 0.05) is 30.2 Å². The van der Waals surface area contributed by atoms with Crippen LogP contribution < -0.4 is 10.9 Å². The van der Waals surface area contributed by atoms with E-state index in [9.17, 15) is 14.4 Å². The van der Waals surface area contributed by atoms with Crippen LogP contribution in [0.15, 0.2) is 46.9 Å². The molecule has 7 nitrogen and oxygen atoms in total. The van der Waals surface area contributed by atoms with Crippen molar-refractivity contribution in [3.8, 4) is 0 Å². The Morgan fingerprint density at radius 2 is 2.11 bits per heavy atom. The monoisotopic (exact) mass is 418 g/mol. The number of nitrogens with one attached hydrogen (secondary N) is 2. The van der Waals surface area contributed by atoms with Crippen LogP contribution in [0, 0.1) is 0 Å². The van der Waals surface area contributed by atoms with E-state index >= 15 is 0 Å². The van der Waals surface area contributed by atoms with Crippen molar-refractivity contribution in [3.05, 3.63) is 57.4 Å². The summed E-state index contributed by atoms with van der Waals surface area (Å²) in [5, 5.41) is 1.93. The number of thiocarbonyl (C=S) groups is 1. The number of nitrogens with zero attached hydrogens (tertiary/aromatic N) is 2. The van der Waals surface area contributed by atoms with Crippen LogP contribution in [0.2, 0.25) is 0 Å². The molecule has 0 unspecified atom stereocenters. The van der Waals surface area contributed by atoms with Crippen LogP contribution in [-0.4, -0.2) is 38.5 Å². The Kier molecular flexibility index (Phi) is 6.32. The molecule has 2 aromatic rings. The molecule has 2 aromatic heterocycles. The lowest BCUT2D eigenvalue weighted by molar-refractivity contribution is -0.124. The SMILES string of the molecule is O=C(CCN1C(=O)/C(=C/c2cccs2)SC1=S)NNC(=O)c1cccnc1. The normalized spacial score (nSPS) is 15.3. The highest BCUT2D eigenvalue weighted by Crippen LogP contribution is 2.33. The number of pyridine rings is 1. The van der Waals surface area contributed by atoms with Crippen molar-refractivity contribution in [1.29, 1.82) is 0 Å². The van der Waals surface area contributed by atoms with Gasteiger partial charge in [-0.05, 0) is 29.7 Å². The van der Waals surface area contributed by atoms with Gasteiger partial charge in [0.2, 0.25) is 5.91 Å². The zero-order valence-corrected chi connectivity index (χ0v) is 16.3. The molecule has 10 heteroatoms. The average molecular weight is 419 g/mol.